The van der Waals surface area contributed by atoms with Crippen molar-refractivity contribution < 1.29 is 0 Å². The van der Waals surface area contributed by atoms with Crippen molar-refractivity contribution in [1.82, 2.24) is 4.90 Å². The molecule has 0 spiro atoms. The molecular weight excluding hydrogens is 264 g/mol. The number of rotatable bonds is 3. The van der Waals surface area contributed by atoms with Gasteiger partial charge in [0.25, 0.3) is 0 Å². The molecule has 2 nitrogen and oxygen atoms in total. The lowest BCUT2D eigenvalue weighted by Crippen LogP contribution is -2.21. The topological polar surface area (TPSA) is 29.3 Å². The third-order valence-corrected chi connectivity index (χ3v) is 6.39. The molecule has 2 aliphatic rings. The van der Waals surface area contributed by atoms with E-state index >= 15 is 0 Å². The minimum Gasteiger partial charge on any atom is -0.326 e. The molecule has 3 heteroatoms. The first-order valence-corrected chi connectivity index (χ1v) is 8.58. The Balaban J connectivity index is 1.62. The summed E-state index contributed by atoms with van der Waals surface area (Å²) in [6.07, 6.45) is 4.36. The Bertz CT molecular complexity index is 606. The van der Waals surface area contributed by atoms with Crippen LogP contribution in [-0.4, -0.2) is 18.0 Å². The van der Waals surface area contributed by atoms with Crippen molar-refractivity contribution in [3.05, 3.63) is 34.7 Å². The van der Waals surface area contributed by atoms with E-state index in [1.807, 2.05) is 11.3 Å². The average molecular weight is 286 g/mol. The molecule has 4 rings (SSSR count). The number of thiophene rings is 1. The predicted octanol–water partition coefficient (Wildman–Crippen LogP) is 3.59. The van der Waals surface area contributed by atoms with E-state index < -0.39 is 0 Å². The van der Waals surface area contributed by atoms with Gasteiger partial charge in [-0.25, -0.2) is 0 Å². The van der Waals surface area contributed by atoms with Crippen molar-refractivity contribution in [2.45, 2.75) is 32.4 Å². The first-order chi connectivity index (χ1) is 9.85. The second-order valence-corrected chi connectivity index (χ2v) is 7.49. The maximum Gasteiger partial charge on any atom is 0.0349 e. The molecule has 20 heavy (non-hydrogen) atoms. The van der Waals surface area contributed by atoms with Gasteiger partial charge in [0.05, 0.1) is 0 Å². The van der Waals surface area contributed by atoms with Crippen LogP contribution in [0.3, 0.4) is 0 Å². The van der Waals surface area contributed by atoms with Crippen LogP contribution in [0.5, 0.6) is 0 Å². The van der Waals surface area contributed by atoms with Crippen molar-refractivity contribution in [3.63, 3.8) is 0 Å². The van der Waals surface area contributed by atoms with Gasteiger partial charge in [0, 0.05) is 35.8 Å². The van der Waals surface area contributed by atoms with Crippen LogP contribution in [0.15, 0.2) is 24.3 Å². The molecule has 2 atom stereocenters. The Labute approximate surface area is 124 Å². The highest BCUT2D eigenvalue weighted by atomic mass is 32.1. The lowest BCUT2D eigenvalue weighted by molar-refractivity contribution is 0.304. The Morgan fingerprint density at radius 1 is 1.15 bits per heavy atom. The van der Waals surface area contributed by atoms with Crippen molar-refractivity contribution in [2.24, 2.45) is 17.6 Å². The Kier molecular flexibility index (Phi) is 3.29. The molecular formula is C17H22N2S. The zero-order valence-corrected chi connectivity index (χ0v) is 12.7. The minimum atomic E-state index is 0.676. The molecule has 1 aliphatic heterocycles. The molecule has 1 aromatic carbocycles. The summed E-state index contributed by atoms with van der Waals surface area (Å²) >= 11 is 1.88. The molecule has 2 aromatic rings. The molecule has 1 saturated carbocycles. The molecule has 106 valence electrons. The van der Waals surface area contributed by atoms with E-state index in [1.165, 1.54) is 52.9 Å². The van der Waals surface area contributed by atoms with Gasteiger partial charge < -0.3 is 5.73 Å². The third-order valence-electron chi connectivity index (χ3n) is 5.15. The monoisotopic (exact) mass is 286 g/mol. The number of nitrogens with zero attached hydrogens (tertiary/aromatic N) is 1. The number of hydrogen-bond acceptors (Lipinski definition) is 3. The van der Waals surface area contributed by atoms with Crippen LogP contribution in [0.4, 0.5) is 0 Å². The summed E-state index contributed by atoms with van der Waals surface area (Å²) in [7, 11) is 0. The maximum atomic E-state index is 5.97. The highest BCUT2D eigenvalue weighted by Crippen LogP contribution is 2.39. The van der Waals surface area contributed by atoms with Crippen LogP contribution in [0.25, 0.3) is 10.1 Å². The van der Waals surface area contributed by atoms with E-state index in [4.69, 9.17) is 5.73 Å². The summed E-state index contributed by atoms with van der Waals surface area (Å²) < 4.78 is 1.39. The molecule has 1 aromatic heterocycles. The van der Waals surface area contributed by atoms with Crippen LogP contribution in [0.2, 0.25) is 0 Å². The Hall–Kier alpha value is -0.900. The second kappa shape index (κ2) is 5.14. The van der Waals surface area contributed by atoms with E-state index in [2.05, 4.69) is 29.2 Å². The highest BCUT2D eigenvalue weighted by Gasteiger charge is 2.36. The fraction of sp³-hybridized carbons (Fsp3) is 0.529. The number of hydrogen-bond donors (Lipinski definition) is 1. The molecule has 2 fully saturated rings. The molecule has 0 amide bonds. The van der Waals surface area contributed by atoms with Crippen LogP contribution in [0, 0.1) is 11.8 Å². The molecule has 2 unspecified atom stereocenters. The quantitative estimate of drug-likeness (QED) is 0.934. The normalized spacial score (nSPS) is 26.4. The van der Waals surface area contributed by atoms with E-state index in [9.17, 15) is 0 Å². The predicted molar refractivity (Wildman–Crippen MR) is 85.8 cm³/mol. The standard InChI is InChI=1S/C17H22N2S/c18-8-17-15(14-6-1-2-7-16(14)20-17)11-19-9-12-4-3-5-13(12)10-19/h1-2,6-7,12-13H,3-5,8-11,18H2. The van der Waals surface area contributed by atoms with E-state index in [-0.39, 0.29) is 0 Å². The van der Waals surface area contributed by atoms with Gasteiger partial charge in [0.1, 0.15) is 0 Å². The Morgan fingerprint density at radius 3 is 2.65 bits per heavy atom. The first kappa shape index (κ1) is 12.8. The van der Waals surface area contributed by atoms with Crippen molar-refractivity contribution in [2.75, 3.05) is 13.1 Å². The summed E-state index contributed by atoms with van der Waals surface area (Å²) in [5, 5.41) is 1.43. The minimum absolute atomic E-state index is 0.676. The smallest absolute Gasteiger partial charge is 0.0349 e. The largest absolute Gasteiger partial charge is 0.326 e. The van der Waals surface area contributed by atoms with Gasteiger partial charge in [-0.15, -0.1) is 11.3 Å². The number of likely N-dealkylation sites (tertiary alicyclic amines) is 1. The van der Waals surface area contributed by atoms with E-state index in [0.29, 0.717) is 6.54 Å². The Morgan fingerprint density at radius 2 is 1.90 bits per heavy atom. The zero-order chi connectivity index (χ0) is 13.5. The van der Waals surface area contributed by atoms with Crippen molar-refractivity contribution in [3.8, 4) is 0 Å². The fourth-order valence-corrected chi connectivity index (χ4v) is 5.27. The van der Waals surface area contributed by atoms with Gasteiger partial charge in [-0.2, -0.15) is 0 Å². The number of fused-ring (bicyclic) bond motifs is 2. The van der Waals surface area contributed by atoms with E-state index in [1.54, 1.807) is 0 Å². The van der Waals surface area contributed by atoms with E-state index in [0.717, 1.165) is 18.4 Å². The number of nitrogens with two attached hydrogens (primary N) is 1. The fourth-order valence-electron chi connectivity index (χ4n) is 4.17. The van der Waals surface area contributed by atoms with Gasteiger partial charge in [-0.1, -0.05) is 24.6 Å². The van der Waals surface area contributed by atoms with Gasteiger partial charge in [-0.3, -0.25) is 4.90 Å². The van der Waals surface area contributed by atoms with Crippen molar-refractivity contribution >= 4 is 21.4 Å². The van der Waals surface area contributed by atoms with Crippen LogP contribution >= 0.6 is 11.3 Å². The lowest BCUT2D eigenvalue weighted by atomic mass is 10.0. The lowest BCUT2D eigenvalue weighted by Gasteiger charge is -2.17. The third kappa shape index (κ3) is 2.09. The summed E-state index contributed by atoms with van der Waals surface area (Å²) in [6, 6.07) is 8.76. The van der Waals surface area contributed by atoms with Gasteiger partial charge in [0.15, 0.2) is 0 Å². The van der Waals surface area contributed by atoms with Crippen LogP contribution < -0.4 is 5.73 Å². The first-order valence-electron chi connectivity index (χ1n) is 7.77. The summed E-state index contributed by atoms with van der Waals surface area (Å²) in [6.45, 7) is 4.39. The average Bonchev–Trinajstić information content (AvgIpc) is 3.12. The molecule has 0 bridgehead atoms. The molecule has 1 aliphatic carbocycles. The molecule has 2 N–H and O–H groups in total. The van der Waals surface area contributed by atoms with Gasteiger partial charge in [-0.05, 0) is 41.7 Å². The zero-order valence-electron chi connectivity index (χ0n) is 11.8. The molecule has 0 radical (unpaired) electrons. The van der Waals surface area contributed by atoms with Gasteiger partial charge >= 0.3 is 0 Å². The molecule has 1 saturated heterocycles. The SMILES string of the molecule is NCc1sc2ccccc2c1CN1CC2CCCC2C1. The van der Waals surface area contributed by atoms with Crippen LogP contribution in [-0.2, 0) is 13.1 Å². The number of benzene rings is 1. The summed E-state index contributed by atoms with van der Waals surface area (Å²) in [5.41, 5.74) is 7.47. The summed E-state index contributed by atoms with van der Waals surface area (Å²) in [4.78, 5) is 4.05. The van der Waals surface area contributed by atoms with Gasteiger partial charge in [0.2, 0.25) is 0 Å². The molecule has 2 heterocycles. The highest BCUT2D eigenvalue weighted by molar-refractivity contribution is 7.19. The summed E-state index contributed by atoms with van der Waals surface area (Å²) in [5.74, 6) is 1.95. The second-order valence-electron chi connectivity index (χ2n) is 6.35. The maximum absolute atomic E-state index is 5.97. The van der Waals surface area contributed by atoms with Crippen LogP contribution in [0.1, 0.15) is 29.7 Å². The van der Waals surface area contributed by atoms with Crippen molar-refractivity contribution in [1.29, 1.82) is 0 Å².